The van der Waals surface area contributed by atoms with E-state index in [4.69, 9.17) is 34.8 Å². The van der Waals surface area contributed by atoms with Crippen molar-refractivity contribution in [3.63, 3.8) is 0 Å². The number of Topliss-reactive ketones (excluding diaryl/α,β-unsaturated/α-hetero) is 1. The van der Waals surface area contributed by atoms with Crippen LogP contribution in [0.3, 0.4) is 0 Å². The van der Waals surface area contributed by atoms with E-state index in [0.717, 1.165) is 6.42 Å². The standard InChI is InChI=1S/C22H24Cl2N6O3/c1-11-17(19(31)21(33)29-22(4-5-22)16(25)10-27-26)15-3-2-6-30(15)18(11)20(32)28-14-8-12(23)7-13(24)9-14/h7-10,27H,2-6,25-26H2,1H3,(H,28,32)(H,29,33)/b16-10-. The molecule has 174 valence electrons. The van der Waals surface area contributed by atoms with Crippen LogP contribution in [-0.4, -0.2) is 27.7 Å². The van der Waals surface area contributed by atoms with Crippen molar-refractivity contribution in [2.75, 3.05) is 5.32 Å². The monoisotopic (exact) mass is 490 g/mol. The van der Waals surface area contributed by atoms with Crippen LogP contribution >= 0.6 is 23.2 Å². The Bertz CT molecular complexity index is 1180. The molecule has 11 heteroatoms. The summed E-state index contributed by atoms with van der Waals surface area (Å²) < 4.78 is 1.80. The Labute approximate surface area is 200 Å². The van der Waals surface area contributed by atoms with Gasteiger partial charge < -0.3 is 26.4 Å². The molecule has 0 atom stereocenters. The molecule has 7 N–H and O–H groups in total. The summed E-state index contributed by atoms with van der Waals surface area (Å²) in [5.41, 5.74) is 10.1. The van der Waals surface area contributed by atoms with Gasteiger partial charge in [0.2, 0.25) is 0 Å². The minimum absolute atomic E-state index is 0.259. The van der Waals surface area contributed by atoms with Crippen LogP contribution in [0.1, 0.15) is 51.4 Å². The average molecular weight is 491 g/mol. The summed E-state index contributed by atoms with van der Waals surface area (Å²) in [4.78, 5) is 39.2. The zero-order chi connectivity index (χ0) is 23.9. The summed E-state index contributed by atoms with van der Waals surface area (Å²) in [7, 11) is 0. The molecule has 1 saturated carbocycles. The van der Waals surface area contributed by atoms with E-state index in [1.807, 2.05) is 0 Å². The normalized spacial score (nSPS) is 16.2. The fourth-order valence-electron chi connectivity index (χ4n) is 4.36. The van der Waals surface area contributed by atoms with Gasteiger partial charge in [-0.3, -0.25) is 20.2 Å². The van der Waals surface area contributed by atoms with Crippen LogP contribution in [0.15, 0.2) is 30.1 Å². The van der Waals surface area contributed by atoms with Gasteiger partial charge in [-0.2, -0.15) is 0 Å². The van der Waals surface area contributed by atoms with Crippen LogP contribution in [0.4, 0.5) is 5.69 Å². The Morgan fingerprint density at radius 1 is 1.15 bits per heavy atom. The quantitative estimate of drug-likeness (QED) is 0.174. The highest BCUT2D eigenvalue weighted by Gasteiger charge is 2.48. The first-order chi connectivity index (χ1) is 15.7. The van der Waals surface area contributed by atoms with E-state index >= 15 is 0 Å². The minimum atomic E-state index is -0.776. The molecule has 0 unspecified atom stereocenters. The first-order valence-corrected chi connectivity index (χ1v) is 11.2. The molecule has 2 aromatic rings. The third-order valence-corrected chi connectivity index (χ3v) is 6.51. The maximum absolute atomic E-state index is 13.2. The molecule has 0 saturated heterocycles. The number of halogens is 2. The van der Waals surface area contributed by atoms with Gasteiger partial charge in [-0.05, 0) is 56.4 Å². The fourth-order valence-corrected chi connectivity index (χ4v) is 4.88. The topological polar surface area (TPSA) is 144 Å². The first kappa shape index (κ1) is 23.2. The molecule has 2 amide bonds. The van der Waals surface area contributed by atoms with Gasteiger partial charge in [0, 0.05) is 34.2 Å². The van der Waals surface area contributed by atoms with Crippen LogP contribution in [0.2, 0.25) is 10.0 Å². The van der Waals surface area contributed by atoms with Crippen molar-refractivity contribution >= 4 is 46.5 Å². The van der Waals surface area contributed by atoms with Crippen molar-refractivity contribution in [1.29, 1.82) is 0 Å². The van der Waals surface area contributed by atoms with Crippen molar-refractivity contribution in [3.05, 3.63) is 62.7 Å². The predicted molar refractivity (Wildman–Crippen MR) is 126 cm³/mol. The number of ketones is 1. The van der Waals surface area contributed by atoms with Gasteiger partial charge in [0.05, 0.1) is 16.8 Å². The lowest BCUT2D eigenvalue weighted by atomic mass is 10.0. The number of anilines is 1. The smallest absolute Gasteiger partial charge is 0.293 e. The predicted octanol–water partition coefficient (Wildman–Crippen LogP) is 2.40. The number of hydrogen-bond donors (Lipinski definition) is 5. The number of hydrogen-bond acceptors (Lipinski definition) is 6. The molecule has 0 spiro atoms. The maximum atomic E-state index is 13.2. The molecular weight excluding hydrogens is 467 g/mol. The number of nitrogens with zero attached hydrogens (tertiary/aromatic N) is 1. The van der Waals surface area contributed by atoms with Crippen molar-refractivity contribution in [2.24, 2.45) is 11.6 Å². The second-order valence-electron chi connectivity index (χ2n) is 8.29. The first-order valence-electron chi connectivity index (χ1n) is 10.5. The molecule has 0 bridgehead atoms. The summed E-state index contributed by atoms with van der Waals surface area (Å²) in [6.07, 6.45) is 3.97. The van der Waals surface area contributed by atoms with Crippen molar-refractivity contribution in [2.45, 2.75) is 44.7 Å². The Balaban J connectivity index is 1.62. The summed E-state index contributed by atoms with van der Waals surface area (Å²) in [5.74, 6) is 3.41. The third kappa shape index (κ3) is 4.31. The summed E-state index contributed by atoms with van der Waals surface area (Å²) in [5, 5.41) is 6.30. The number of carbonyl (C=O) groups excluding carboxylic acids is 3. The van der Waals surface area contributed by atoms with E-state index in [2.05, 4.69) is 16.1 Å². The summed E-state index contributed by atoms with van der Waals surface area (Å²) >= 11 is 12.1. The van der Waals surface area contributed by atoms with E-state index < -0.39 is 23.1 Å². The number of carbonyl (C=O) groups is 3. The number of nitrogens with two attached hydrogens (primary N) is 2. The maximum Gasteiger partial charge on any atom is 0.293 e. The van der Waals surface area contributed by atoms with Crippen molar-refractivity contribution in [3.8, 4) is 0 Å². The van der Waals surface area contributed by atoms with E-state index in [1.54, 1.807) is 29.7 Å². The Morgan fingerprint density at radius 2 is 1.82 bits per heavy atom. The molecule has 1 aromatic carbocycles. The highest BCUT2D eigenvalue weighted by molar-refractivity contribution is 6.44. The SMILES string of the molecule is Cc1c(C(=O)C(=O)NC2(/C(N)=C/NN)CC2)c2n(c1C(=O)Nc1cc(Cl)cc(Cl)c1)CCC2. The van der Waals surface area contributed by atoms with E-state index in [-0.39, 0.29) is 5.56 Å². The lowest BCUT2D eigenvalue weighted by molar-refractivity contribution is -0.117. The molecule has 2 aliphatic rings. The minimum Gasteiger partial charge on any atom is -0.399 e. The van der Waals surface area contributed by atoms with Crippen LogP contribution < -0.4 is 27.6 Å². The number of aromatic nitrogens is 1. The van der Waals surface area contributed by atoms with E-state index in [0.29, 0.717) is 64.2 Å². The van der Waals surface area contributed by atoms with Crippen LogP contribution in [0, 0.1) is 6.92 Å². The van der Waals surface area contributed by atoms with Gasteiger partial charge in [-0.15, -0.1) is 0 Å². The molecule has 4 rings (SSSR count). The number of rotatable bonds is 7. The second-order valence-corrected chi connectivity index (χ2v) is 9.17. The van der Waals surface area contributed by atoms with Crippen LogP contribution in [0.25, 0.3) is 0 Å². The van der Waals surface area contributed by atoms with Gasteiger partial charge in [0.25, 0.3) is 17.6 Å². The lowest BCUT2D eigenvalue weighted by Gasteiger charge is -2.17. The fraction of sp³-hybridized carbons (Fsp3) is 0.318. The highest BCUT2D eigenvalue weighted by atomic mass is 35.5. The van der Waals surface area contributed by atoms with Gasteiger partial charge in [0.1, 0.15) is 5.69 Å². The summed E-state index contributed by atoms with van der Waals surface area (Å²) in [6.45, 7) is 2.25. The molecule has 2 heterocycles. The third-order valence-electron chi connectivity index (χ3n) is 6.07. The van der Waals surface area contributed by atoms with Gasteiger partial charge in [0.15, 0.2) is 0 Å². The summed E-state index contributed by atoms with van der Waals surface area (Å²) in [6, 6.07) is 4.72. The molecule has 1 fully saturated rings. The highest BCUT2D eigenvalue weighted by Crippen LogP contribution is 2.40. The molecule has 1 aromatic heterocycles. The molecule has 9 nitrogen and oxygen atoms in total. The lowest BCUT2D eigenvalue weighted by Crippen LogP contribution is -2.45. The van der Waals surface area contributed by atoms with E-state index in [9.17, 15) is 14.4 Å². The Morgan fingerprint density at radius 3 is 2.42 bits per heavy atom. The number of amides is 2. The van der Waals surface area contributed by atoms with Crippen molar-refractivity contribution in [1.82, 2.24) is 15.3 Å². The Kier molecular flexibility index (Phi) is 6.13. The van der Waals surface area contributed by atoms with Crippen LogP contribution in [0.5, 0.6) is 0 Å². The zero-order valence-electron chi connectivity index (χ0n) is 17.9. The van der Waals surface area contributed by atoms with Gasteiger partial charge in [-0.1, -0.05) is 23.2 Å². The van der Waals surface area contributed by atoms with Crippen LogP contribution in [-0.2, 0) is 17.8 Å². The number of nitrogens with one attached hydrogen (secondary N) is 3. The van der Waals surface area contributed by atoms with Crippen molar-refractivity contribution < 1.29 is 14.4 Å². The largest absolute Gasteiger partial charge is 0.399 e. The molecule has 1 aliphatic carbocycles. The molecule has 33 heavy (non-hydrogen) atoms. The van der Waals surface area contributed by atoms with Gasteiger partial charge >= 0.3 is 0 Å². The zero-order valence-corrected chi connectivity index (χ0v) is 19.4. The average Bonchev–Trinajstić information content (AvgIpc) is 3.27. The number of benzene rings is 1. The molecular formula is C22H24Cl2N6O3. The molecule has 1 aliphatic heterocycles. The second kappa shape index (κ2) is 8.74. The number of hydrazine groups is 1. The Hall–Kier alpha value is -3.01. The van der Waals surface area contributed by atoms with Gasteiger partial charge in [-0.25, -0.2) is 0 Å². The van der Waals surface area contributed by atoms with E-state index in [1.165, 1.54) is 6.20 Å². The molecule has 0 radical (unpaired) electrons. The number of fused-ring (bicyclic) bond motifs is 1.